The van der Waals surface area contributed by atoms with Gasteiger partial charge in [-0.2, -0.15) is 0 Å². The molecule has 1 aromatic rings. The van der Waals surface area contributed by atoms with Gasteiger partial charge in [0.2, 0.25) is 0 Å². The first kappa shape index (κ1) is 15.3. The van der Waals surface area contributed by atoms with Crippen LogP contribution < -0.4 is 20.3 Å². The van der Waals surface area contributed by atoms with Crippen LogP contribution >= 0.6 is 12.2 Å². The lowest BCUT2D eigenvalue weighted by atomic mass is 10.2. The Bertz CT molecular complexity index is 534. The number of nitrogens with one attached hydrogen (secondary N) is 2. The van der Waals surface area contributed by atoms with Crippen molar-refractivity contribution in [2.45, 2.75) is 13.3 Å². The predicted molar refractivity (Wildman–Crippen MR) is 84.0 cm³/mol. The molecule has 1 saturated heterocycles. The second-order valence-corrected chi connectivity index (χ2v) is 4.79. The number of hydrogen-bond acceptors (Lipinski definition) is 6. The van der Waals surface area contributed by atoms with Gasteiger partial charge < -0.3 is 19.7 Å². The fourth-order valence-corrected chi connectivity index (χ4v) is 2.01. The van der Waals surface area contributed by atoms with Crippen LogP contribution in [0.3, 0.4) is 0 Å². The van der Waals surface area contributed by atoms with E-state index in [1.54, 1.807) is 20.2 Å². The third-order valence-electron chi connectivity index (χ3n) is 3.00. The highest BCUT2D eigenvalue weighted by Crippen LogP contribution is 2.29. The summed E-state index contributed by atoms with van der Waals surface area (Å²) in [6.07, 6.45) is 2.33. The lowest BCUT2D eigenvalue weighted by Gasteiger charge is -2.33. The number of rotatable bonds is 4. The van der Waals surface area contributed by atoms with Gasteiger partial charge in [-0.15, -0.1) is 0 Å². The molecule has 0 spiro atoms. The van der Waals surface area contributed by atoms with Crippen LogP contribution in [0.1, 0.15) is 13.3 Å². The first-order chi connectivity index (χ1) is 10.1. The third-order valence-corrected chi connectivity index (χ3v) is 3.21. The molecule has 1 aliphatic rings. The zero-order valence-corrected chi connectivity index (χ0v) is 12.8. The molecular formula is C13H18N4O3S. The van der Waals surface area contributed by atoms with Crippen molar-refractivity contribution >= 4 is 34.9 Å². The molecule has 114 valence electrons. The summed E-state index contributed by atoms with van der Waals surface area (Å²) >= 11 is 5.02. The summed E-state index contributed by atoms with van der Waals surface area (Å²) in [6, 6.07) is 1.89. The number of hydrogen-bond donors (Lipinski definition) is 2. The van der Waals surface area contributed by atoms with Gasteiger partial charge in [-0.3, -0.25) is 5.32 Å². The Morgan fingerprint density at radius 3 is 2.86 bits per heavy atom. The van der Waals surface area contributed by atoms with E-state index in [9.17, 15) is 4.79 Å². The monoisotopic (exact) mass is 310 g/mol. The van der Waals surface area contributed by atoms with E-state index in [-0.39, 0.29) is 11.7 Å². The van der Waals surface area contributed by atoms with Crippen LogP contribution in [0.2, 0.25) is 0 Å². The number of thiocarbonyl (C=S) groups is 1. The molecule has 2 rings (SSSR count). The van der Waals surface area contributed by atoms with E-state index >= 15 is 0 Å². The number of carbonyl (C=O) groups is 1. The number of carbonyl (C=O) groups excluding carboxylic acids is 1. The Labute approximate surface area is 128 Å². The second-order valence-electron chi connectivity index (χ2n) is 4.38. The Hall–Kier alpha value is -2.09. The van der Waals surface area contributed by atoms with Crippen LogP contribution in [-0.2, 0) is 4.74 Å². The lowest BCUT2D eigenvalue weighted by Crippen LogP contribution is -2.37. The van der Waals surface area contributed by atoms with Gasteiger partial charge >= 0.3 is 6.09 Å². The largest absolute Gasteiger partial charge is 0.493 e. The van der Waals surface area contributed by atoms with Crippen LogP contribution in [0, 0.1) is 0 Å². The number of aromatic nitrogens is 1. The maximum atomic E-state index is 11.3. The second kappa shape index (κ2) is 7.07. The lowest BCUT2D eigenvalue weighted by molar-refractivity contribution is 0.158. The number of pyridine rings is 1. The van der Waals surface area contributed by atoms with E-state index < -0.39 is 6.09 Å². The maximum Gasteiger partial charge on any atom is 0.413 e. The number of ether oxygens (including phenoxy) is 2. The van der Waals surface area contributed by atoms with Gasteiger partial charge in [0, 0.05) is 19.2 Å². The number of amides is 1. The highest BCUT2D eigenvalue weighted by Gasteiger charge is 2.17. The van der Waals surface area contributed by atoms with Crippen molar-refractivity contribution in [2.24, 2.45) is 0 Å². The quantitative estimate of drug-likeness (QED) is 0.820. The summed E-state index contributed by atoms with van der Waals surface area (Å²) in [7, 11) is 1.56. The van der Waals surface area contributed by atoms with Crippen molar-refractivity contribution in [1.82, 2.24) is 10.3 Å². The zero-order chi connectivity index (χ0) is 15.2. The minimum absolute atomic E-state index is 0.107. The molecular weight excluding hydrogens is 292 g/mol. The smallest absolute Gasteiger partial charge is 0.413 e. The van der Waals surface area contributed by atoms with E-state index in [4.69, 9.17) is 21.7 Å². The molecule has 0 radical (unpaired) electrons. The number of nitrogens with zero attached hydrogens (tertiary/aromatic N) is 2. The van der Waals surface area contributed by atoms with E-state index in [0.717, 1.165) is 18.8 Å². The van der Waals surface area contributed by atoms with E-state index in [2.05, 4.69) is 20.5 Å². The SMILES string of the molecule is CCOC(=O)NC(=S)Nc1ncc(N2CCC2)cc1OC. The van der Waals surface area contributed by atoms with Crippen LogP contribution in [0.4, 0.5) is 16.3 Å². The van der Waals surface area contributed by atoms with Crippen LogP contribution in [0.5, 0.6) is 5.75 Å². The molecule has 8 heteroatoms. The van der Waals surface area contributed by atoms with E-state index in [0.29, 0.717) is 11.6 Å². The molecule has 1 aromatic heterocycles. The molecule has 1 amide bonds. The van der Waals surface area contributed by atoms with Gasteiger partial charge in [0.05, 0.1) is 25.6 Å². The average molecular weight is 310 g/mol. The highest BCUT2D eigenvalue weighted by atomic mass is 32.1. The van der Waals surface area contributed by atoms with Gasteiger partial charge in [-0.05, 0) is 25.6 Å². The molecule has 0 saturated carbocycles. The van der Waals surface area contributed by atoms with Gasteiger partial charge in [0.25, 0.3) is 0 Å². The molecule has 1 fully saturated rings. The molecule has 1 aliphatic heterocycles. The third kappa shape index (κ3) is 3.94. The Morgan fingerprint density at radius 1 is 1.52 bits per heavy atom. The van der Waals surface area contributed by atoms with E-state index in [1.165, 1.54) is 6.42 Å². The molecule has 2 N–H and O–H groups in total. The molecule has 0 aliphatic carbocycles. The first-order valence-electron chi connectivity index (χ1n) is 6.67. The Kier molecular flexibility index (Phi) is 5.15. The number of alkyl carbamates (subject to hydrolysis) is 1. The van der Waals surface area contributed by atoms with E-state index in [1.807, 2.05) is 6.07 Å². The summed E-state index contributed by atoms with van der Waals surface area (Å²) < 4.78 is 10.0. The number of methoxy groups -OCH3 is 1. The fraction of sp³-hybridized carbons (Fsp3) is 0.462. The number of anilines is 2. The first-order valence-corrected chi connectivity index (χ1v) is 7.08. The van der Waals surface area contributed by atoms with Crippen molar-refractivity contribution in [2.75, 3.05) is 37.0 Å². The molecule has 0 bridgehead atoms. The Morgan fingerprint density at radius 2 is 2.29 bits per heavy atom. The van der Waals surface area contributed by atoms with Crippen molar-refractivity contribution < 1.29 is 14.3 Å². The molecule has 7 nitrogen and oxygen atoms in total. The molecule has 0 aromatic carbocycles. The van der Waals surface area contributed by atoms with Gasteiger partial charge in [0.1, 0.15) is 0 Å². The highest BCUT2D eigenvalue weighted by molar-refractivity contribution is 7.80. The molecule has 0 unspecified atom stereocenters. The minimum atomic E-state index is -0.605. The minimum Gasteiger partial charge on any atom is -0.493 e. The molecule has 0 atom stereocenters. The molecule has 2 heterocycles. The summed E-state index contributed by atoms with van der Waals surface area (Å²) in [4.78, 5) is 17.8. The van der Waals surface area contributed by atoms with Crippen molar-refractivity contribution in [3.05, 3.63) is 12.3 Å². The standard InChI is InChI=1S/C13H18N4O3S/c1-3-20-13(18)16-12(21)15-11-10(19-2)7-9(8-14-11)17-5-4-6-17/h7-8H,3-6H2,1-2H3,(H2,14,15,16,18,21). The van der Waals surface area contributed by atoms with Crippen LogP contribution in [0.25, 0.3) is 0 Å². The van der Waals surface area contributed by atoms with Gasteiger partial charge in [0.15, 0.2) is 16.7 Å². The zero-order valence-electron chi connectivity index (χ0n) is 12.0. The maximum absolute atomic E-state index is 11.3. The van der Waals surface area contributed by atoms with Crippen molar-refractivity contribution in [3.63, 3.8) is 0 Å². The Balaban J connectivity index is 2.01. The normalized spacial score (nSPS) is 13.1. The van der Waals surface area contributed by atoms with Gasteiger partial charge in [-0.1, -0.05) is 0 Å². The fourth-order valence-electron chi connectivity index (χ4n) is 1.83. The van der Waals surface area contributed by atoms with Crippen molar-refractivity contribution in [3.8, 4) is 5.75 Å². The summed E-state index contributed by atoms with van der Waals surface area (Å²) in [5.74, 6) is 1.01. The van der Waals surface area contributed by atoms with Gasteiger partial charge in [-0.25, -0.2) is 9.78 Å². The topological polar surface area (TPSA) is 75.7 Å². The van der Waals surface area contributed by atoms with Crippen LogP contribution in [0.15, 0.2) is 12.3 Å². The van der Waals surface area contributed by atoms with Crippen LogP contribution in [-0.4, -0.2) is 43.0 Å². The predicted octanol–water partition coefficient (Wildman–Crippen LogP) is 1.74. The summed E-state index contributed by atoms with van der Waals surface area (Å²) in [5.41, 5.74) is 1.01. The average Bonchev–Trinajstić information content (AvgIpc) is 2.38. The summed E-state index contributed by atoms with van der Waals surface area (Å²) in [6.45, 7) is 4.05. The van der Waals surface area contributed by atoms with Crippen molar-refractivity contribution in [1.29, 1.82) is 0 Å². The summed E-state index contributed by atoms with van der Waals surface area (Å²) in [5, 5.41) is 5.32. The molecule has 21 heavy (non-hydrogen) atoms.